The Balaban J connectivity index is 1.36. The lowest BCUT2D eigenvalue weighted by Crippen LogP contribution is -2.36. The summed E-state index contributed by atoms with van der Waals surface area (Å²) in [6.45, 7) is 2.28. The second-order valence-corrected chi connectivity index (χ2v) is 9.07. The van der Waals surface area contributed by atoms with Crippen LogP contribution in [0.5, 0.6) is 11.5 Å². The maximum absolute atomic E-state index is 13.5. The molecule has 5 aromatic rings. The van der Waals surface area contributed by atoms with Crippen LogP contribution in [0.4, 0.5) is 10.1 Å². The molecular formula is C29H24FN3O7. The molecular weight excluding hydrogens is 521 g/mol. The molecule has 0 bridgehead atoms. The summed E-state index contributed by atoms with van der Waals surface area (Å²) in [7, 11) is 1.59. The third kappa shape index (κ3) is 4.94. The molecule has 0 amide bonds. The number of fused-ring (bicyclic) bond motifs is 1. The number of anilines is 1. The maximum atomic E-state index is 13.5. The number of carboxylic acids is 1. The van der Waals surface area contributed by atoms with Crippen LogP contribution < -0.4 is 14.4 Å². The van der Waals surface area contributed by atoms with Gasteiger partial charge in [0.2, 0.25) is 5.82 Å². The molecule has 0 unspecified atom stereocenters. The van der Waals surface area contributed by atoms with Crippen molar-refractivity contribution < 1.29 is 37.4 Å². The first kappa shape index (κ1) is 25.4. The van der Waals surface area contributed by atoms with Gasteiger partial charge in [0, 0.05) is 35.7 Å². The van der Waals surface area contributed by atoms with E-state index in [9.17, 15) is 14.3 Å². The van der Waals surface area contributed by atoms with E-state index in [1.54, 1.807) is 31.4 Å². The van der Waals surface area contributed by atoms with E-state index in [0.717, 1.165) is 5.56 Å². The average Bonchev–Trinajstić information content (AvgIpc) is 3.61. The first-order valence-electron chi connectivity index (χ1n) is 12.5. The number of methoxy groups -OCH3 is 1. The van der Waals surface area contributed by atoms with Gasteiger partial charge < -0.3 is 33.2 Å². The van der Waals surface area contributed by atoms with Gasteiger partial charge >= 0.3 is 5.97 Å². The van der Waals surface area contributed by atoms with E-state index >= 15 is 0 Å². The molecule has 0 aliphatic carbocycles. The highest BCUT2D eigenvalue weighted by Crippen LogP contribution is 2.41. The fourth-order valence-electron chi connectivity index (χ4n) is 4.60. The maximum Gasteiger partial charge on any atom is 0.340 e. The molecule has 1 aliphatic heterocycles. The Bertz CT molecular complexity index is 1660. The van der Waals surface area contributed by atoms with Crippen LogP contribution in [0.3, 0.4) is 0 Å². The number of hydrogen-bond donors (Lipinski definition) is 1. The van der Waals surface area contributed by atoms with Gasteiger partial charge in [-0.1, -0.05) is 5.16 Å². The highest BCUT2D eigenvalue weighted by molar-refractivity contribution is 6.09. The molecule has 3 heterocycles. The van der Waals surface area contributed by atoms with Crippen molar-refractivity contribution in [1.29, 1.82) is 0 Å². The van der Waals surface area contributed by atoms with E-state index in [-0.39, 0.29) is 17.9 Å². The Labute approximate surface area is 227 Å². The number of furan rings is 1. The second-order valence-electron chi connectivity index (χ2n) is 9.07. The summed E-state index contributed by atoms with van der Waals surface area (Å²) in [5.41, 5.74) is 2.22. The summed E-state index contributed by atoms with van der Waals surface area (Å²) in [6, 6.07) is 16.1. The Morgan fingerprint density at radius 3 is 2.48 bits per heavy atom. The van der Waals surface area contributed by atoms with Crippen molar-refractivity contribution >= 4 is 22.6 Å². The lowest BCUT2D eigenvalue weighted by molar-refractivity contribution is 0.0699. The molecule has 0 atom stereocenters. The molecule has 204 valence electrons. The summed E-state index contributed by atoms with van der Waals surface area (Å²) in [5.74, 6) is 0.312. The van der Waals surface area contributed by atoms with Gasteiger partial charge in [0.05, 0.1) is 26.0 Å². The predicted octanol–water partition coefficient (Wildman–Crippen LogP) is 5.41. The smallest absolute Gasteiger partial charge is 0.340 e. The lowest BCUT2D eigenvalue weighted by Gasteiger charge is -2.30. The highest BCUT2D eigenvalue weighted by atomic mass is 19.1. The molecule has 0 saturated carbocycles. The Hall–Kier alpha value is -4.90. The number of aromatic nitrogens is 2. The molecule has 0 radical (unpaired) electrons. The summed E-state index contributed by atoms with van der Waals surface area (Å²) in [5, 5.41) is 14.5. The molecule has 0 spiro atoms. The molecule has 1 fully saturated rings. The molecule has 1 saturated heterocycles. The van der Waals surface area contributed by atoms with E-state index in [1.807, 2.05) is 12.1 Å². The van der Waals surface area contributed by atoms with Crippen molar-refractivity contribution in [2.45, 2.75) is 6.61 Å². The molecule has 40 heavy (non-hydrogen) atoms. The fourth-order valence-corrected chi connectivity index (χ4v) is 4.60. The fraction of sp³-hybridized carbons (Fsp3) is 0.207. The number of ether oxygens (including phenoxy) is 3. The van der Waals surface area contributed by atoms with Gasteiger partial charge in [0.15, 0.2) is 6.61 Å². The number of morpholine rings is 1. The zero-order valence-corrected chi connectivity index (χ0v) is 21.4. The molecule has 2 aromatic heterocycles. The van der Waals surface area contributed by atoms with Gasteiger partial charge in [-0.3, -0.25) is 0 Å². The molecule has 11 heteroatoms. The Morgan fingerprint density at radius 2 is 1.77 bits per heavy atom. The van der Waals surface area contributed by atoms with Crippen molar-refractivity contribution in [3.05, 3.63) is 77.9 Å². The zero-order chi connectivity index (χ0) is 27.6. The largest absolute Gasteiger partial charge is 0.497 e. The number of carbonyl (C=O) groups is 1. The van der Waals surface area contributed by atoms with E-state index in [0.29, 0.717) is 71.7 Å². The normalized spacial score (nSPS) is 13.5. The van der Waals surface area contributed by atoms with Gasteiger partial charge in [0.25, 0.3) is 5.89 Å². The average molecular weight is 546 g/mol. The monoisotopic (exact) mass is 545 g/mol. The minimum atomic E-state index is -1.18. The SMILES string of the molecule is COc1ccc(-c2nc(COc3cc4c(C(=O)O)c(-c5ccc(F)cc5)oc4cc3N3CCOCC3)no2)cc1. The van der Waals surface area contributed by atoms with Crippen LogP contribution in [0.1, 0.15) is 16.2 Å². The van der Waals surface area contributed by atoms with Crippen molar-refractivity contribution in [2.24, 2.45) is 0 Å². The first-order valence-corrected chi connectivity index (χ1v) is 12.5. The zero-order valence-electron chi connectivity index (χ0n) is 21.4. The third-order valence-electron chi connectivity index (χ3n) is 6.60. The van der Waals surface area contributed by atoms with Crippen LogP contribution >= 0.6 is 0 Å². The van der Waals surface area contributed by atoms with Gasteiger partial charge in [-0.05, 0) is 54.6 Å². The lowest BCUT2D eigenvalue weighted by atomic mass is 10.0. The van der Waals surface area contributed by atoms with Gasteiger partial charge in [0.1, 0.15) is 34.2 Å². The van der Waals surface area contributed by atoms with Crippen molar-refractivity contribution in [2.75, 3.05) is 38.3 Å². The third-order valence-corrected chi connectivity index (χ3v) is 6.60. The van der Waals surface area contributed by atoms with Gasteiger partial charge in [-0.15, -0.1) is 0 Å². The first-order chi connectivity index (χ1) is 19.5. The predicted molar refractivity (Wildman–Crippen MR) is 142 cm³/mol. The van der Waals surface area contributed by atoms with Crippen LogP contribution in [-0.2, 0) is 11.3 Å². The van der Waals surface area contributed by atoms with E-state index < -0.39 is 11.8 Å². The van der Waals surface area contributed by atoms with Crippen LogP contribution in [0.15, 0.2) is 69.6 Å². The Kier molecular flexibility index (Phi) is 6.79. The van der Waals surface area contributed by atoms with Crippen LogP contribution in [0.2, 0.25) is 0 Å². The molecule has 3 aromatic carbocycles. The number of benzene rings is 3. The minimum Gasteiger partial charge on any atom is -0.497 e. The summed E-state index contributed by atoms with van der Waals surface area (Å²) >= 11 is 0. The van der Waals surface area contributed by atoms with Gasteiger partial charge in [-0.25, -0.2) is 9.18 Å². The van der Waals surface area contributed by atoms with E-state index in [2.05, 4.69) is 15.0 Å². The number of aromatic carboxylic acids is 1. The van der Waals surface area contributed by atoms with Crippen molar-refractivity contribution in [1.82, 2.24) is 10.1 Å². The number of halogens is 1. The highest BCUT2D eigenvalue weighted by Gasteiger charge is 2.26. The van der Waals surface area contributed by atoms with Crippen LogP contribution in [0, 0.1) is 5.82 Å². The second kappa shape index (κ2) is 10.7. The number of nitrogens with zero attached hydrogens (tertiary/aromatic N) is 3. The molecule has 6 rings (SSSR count). The number of hydrogen-bond acceptors (Lipinski definition) is 9. The summed E-state index contributed by atoms with van der Waals surface area (Å²) in [6.07, 6.45) is 0. The van der Waals surface area contributed by atoms with Crippen LogP contribution in [-0.4, -0.2) is 54.6 Å². The standard InChI is InChI=1S/C29H24FN3O7/c1-36-20-8-4-18(5-9-20)28-31-25(32-40-28)16-38-24-14-21-23(15-22(24)33-10-12-37-13-11-33)39-27(26(21)29(34)35)17-2-6-19(30)7-3-17/h2-9,14-15H,10-13,16H2,1H3,(H,34,35). The topological polar surface area (TPSA) is 120 Å². The van der Waals surface area contributed by atoms with Gasteiger partial charge in [-0.2, -0.15) is 4.98 Å². The molecule has 1 aliphatic rings. The molecule has 10 nitrogen and oxygen atoms in total. The quantitative estimate of drug-likeness (QED) is 0.271. The molecule has 1 N–H and O–H groups in total. The van der Waals surface area contributed by atoms with E-state index in [4.69, 9.17) is 23.2 Å². The summed E-state index contributed by atoms with van der Waals surface area (Å²) in [4.78, 5) is 18.9. The van der Waals surface area contributed by atoms with Crippen LogP contribution in [0.25, 0.3) is 33.7 Å². The summed E-state index contributed by atoms with van der Waals surface area (Å²) < 4.78 is 41.8. The Morgan fingerprint density at radius 1 is 1.05 bits per heavy atom. The minimum absolute atomic E-state index is 0.0203. The number of carboxylic acid groups (broad SMARTS) is 1. The number of rotatable bonds is 8. The van der Waals surface area contributed by atoms with Crippen molar-refractivity contribution in [3.63, 3.8) is 0 Å². The van der Waals surface area contributed by atoms with Crippen molar-refractivity contribution in [3.8, 4) is 34.3 Å². The van der Waals surface area contributed by atoms with E-state index in [1.165, 1.54) is 24.3 Å².